The number of hydrogen-bond acceptors (Lipinski definition) is 6. The van der Waals surface area contributed by atoms with Crippen LogP contribution < -0.4 is 15.2 Å². The Kier molecular flexibility index (Phi) is 7.41. The molecule has 2 heterocycles. The summed E-state index contributed by atoms with van der Waals surface area (Å²) >= 11 is 1.04. The summed E-state index contributed by atoms with van der Waals surface area (Å²) in [6, 6.07) is 6.41. The van der Waals surface area contributed by atoms with E-state index in [1.807, 2.05) is 13.8 Å². The summed E-state index contributed by atoms with van der Waals surface area (Å²) in [4.78, 5) is 16.9. The molecule has 0 spiro atoms. The van der Waals surface area contributed by atoms with Gasteiger partial charge in [-0.3, -0.25) is 0 Å². The Morgan fingerprint density at radius 3 is 2.62 bits per heavy atom. The summed E-state index contributed by atoms with van der Waals surface area (Å²) in [7, 11) is -2.12. The van der Waals surface area contributed by atoms with Gasteiger partial charge < -0.3 is 15.2 Å². The van der Waals surface area contributed by atoms with Crippen LogP contribution in [-0.4, -0.2) is 27.4 Å². The third-order valence-electron chi connectivity index (χ3n) is 5.03. The molecule has 3 rings (SSSR count). The molecule has 2 amide bonds. The monoisotopic (exact) mass is 506 g/mol. The van der Waals surface area contributed by atoms with Crippen LogP contribution in [0.25, 0.3) is 11.1 Å². The molecule has 3 aromatic rings. The minimum atomic E-state index is -3.58. The first-order chi connectivity index (χ1) is 15.8. The van der Waals surface area contributed by atoms with Gasteiger partial charge in [0, 0.05) is 17.8 Å². The second-order valence-electron chi connectivity index (χ2n) is 8.46. The molecule has 182 valence electrons. The summed E-state index contributed by atoms with van der Waals surface area (Å²) in [6.45, 7) is 6.87. The van der Waals surface area contributed by atoms with Gasteiger partial charge in [-0.1, -0.05) is 13.8 Å². The summed E-state index contributed by atoms with van der Waals surface area (Å²) in [6.07, 6.45) is 1.51. The number of thiophene rings is 1. The molecule has 0 aliphatic carbocycles. The van der Waals surface area contributed by atoms with Crippen LogP contribution in [-0.2, 0) is 15.5 Å². The van der Waals surface area contributed by atoms with Gasteiger partial charge in [-0.2, -0.15) is 0 Å². The van der Waals surface area contributed by atoms with Crippen LogP contribution >= 0.6 is 11.3 Å². The van der Waals surface area contributed by atoms with Crippen molar-refractivity contribution in [2.45, 2.75) is 43.4 Å². The van der Waals surface area contributed by atoms with Crippen molar-refractivity contribution >= 4 is 33.0 Å². The smallest absolute Gasteiger partial charge is 0.354 e. The number of rotatable bonds is 6. The number of anilines is 1. The highest BCUT2D eigenvalue weighted by Gasteiger charge is 2.22. The predicted octanol–water partition coefficient (Wildman–Crippen LogP) is 5.24. The first-order valence-electron chi connectivity index (χ1n) is 10.3. The number of benzene rings is 1. The molecule has 1 aromatic carbocycles. The molecule has 0 aliphatic rings. The highest BCUT2D eigenvalue weighted by molar-refractivity contribution is 7.93. The van der Waals surface area contributed by atoms with E-state index in [2.05, 4.69) is 14.7 Å². The molecule has 1 unspecified atom stereocenters. The largest absolute Gasteiger partial charge is 0.481 e. The number of nitrogens with two attached hydrogens (primary N) is 1. The van der Waals surface area contributed by atoms with E-state index in [1.54, 1.807) is 31.4 Å². The molecular weight excluding hydrogens is 479 g/mol. The average Bonchev–Trinajstić information content (AvgIpc) is 3.26. The molecule has 34 heavy (non-hydrogen) atoms. The van der Waals surface area contributed by atoms with Crippen LogP contribution in [0.4, 0.5) is 14.9 Å². The Hall–Kier alpha value is -2.86. The van der Waals surface area contributed by atoms with E-state index in [9.17, 15) is 18.5 Å². The lowest BCUT2D eigenvalue weighted by atomic mass is 9.94. The molecule has 0 saturated carbocycles. The van der Waals surface area contributed by atoms with Gasteiger partial charge in [0.15, 0.2) is 9.92 Å². The lowest BCUT2D eigenvalue weighted by Gasteiger charge is -2.18. The van der Waals surface area contributed by atoms with Crippen molar-refractivity contribution in [3.8, 4) is 17.0 Å². The van der Waals surface area contributed by atoms with Gasteiger partial charge in [0.05, 0.1) is 18.4 Å². The Morgan fingerprint density at radius 1 is 1.32 bits per heavy atom. The van der Waals surface area contributed by atoms with E-state index in [0.717, 1.165) is 11.3 Å². The molecule has 0 bridgehead atoms. The van der Waals surface area contributed by atoms with Crippen molar-refractivity contribution in [1.82, 2.24) is 4.98 Å². The van der Waals surface area contributed by atoms with Crippen LogP contribution in [0.1, 0.15) is 44.7 Å². The molecule has 0 fully saturated rings. The van der Waals surface area contributed by atoms with Gasteiger partial charge in [0.2, 0.25) is 5.88 Å². The fraction of sp³-hybridized carbons (Fsp3) is 0.304. The van der Waals surface area contributed by atoms with Crippen molar-refractivity contribution < 1.29 is 23.2 Å². The number of nitrogens with one attached hydrogen (secondary N) is 1. The van der Waals surface area contributed by atoms with Crippen LogP contribution in [0.5, 0.6) is 5.88 Å². The lowest BCUT2D eigenvalue weighted by Crippen LogP contribution is -2.18. The number of carbonyl (C=O) groups excluding carboxylic acids is 1. The SMILES string of the molecule is COc1cc(-c2cc(F)cc(C(C)C)c2NC(=O)N=S(N)(=O)c2cc(C(C)(C)O)cs2)ccn1. The number of methoxy groups -OCH3 is 1. The normalized spacial score (nSPS) is 13.4. The zero-order valence-corrected chi connectivity index (χ0v) is 21.1. The summed E-state index contributed by atoms with van der Waals surface area (Å²) in [5.74, 6) is -0.313. The molecule has 4 N–H and O–H groups in total. The number of urea groups is 1. The first kappa shape index (κ1) is 25.8. The van der Waals surface area contributed by atoms with Crippen LogP contribution in [0.15, 0.2) is 50.5 Å². The number of amides is 2. The number of pyridine rings is 1. The van der Waals surface area contributed by atoms with Gasteiger partial charge in [-0.05, 0) is 66.1 Å². The van der Waals surface area contributed by atoms with Crippen molar-refractivity contribution in [3.05, 3.63) is 58.9 Å². The van der Waals surface area contributed by atoms with Crippen molar-refractivity contribution in [3.63, 3.8) is 0 Å². The van der Waals surface area contributed by atoms with Gasteiger partial charge in [0.25, 0.3) is 0 Å². The molecule has 1 atom stereocenters. The maximum atomic E-state index is 14.5. The van der Waals surface area contributed by atoms with Crippen molar-refractivity contribution in [2.75, 3.05) is 12.4 Å². The first-order valence-corrected chi connectivity index (χ1v) is 12.8. The quantitative estimate of drug-likeness (QED) is 0.421. The minimum Gasteiger partial charge on any atom is -0.481 e. The molecule has 0 saturated heterocycles. The summed E-state index contributed by atoms with van der Waals surface area (Å²) in [5, 5.41) is 20.3. The van der Waals surface area contributed by atoms with E-state index in [4.69, 9.17) is 9.88 Å². The van der Waals surface area contributed by atoms with E-state index < -0.39 is 27.4 Å². The molecule has 11 heteroatoms. The topological polar surface area (TPSA) is 127 Å². The van der Waals surface area contributed by atoms with E-state index in [1.165, 1.54) is 31.5 Å². The second-order valence-corrected chi connectivity index (χ2v) is 11.4. The predicted molar refractivity (Wildman–Crippen MR) is 132 cm³/mol. The van der Waals surface area contributed by atoms with Crippen LogP contribution in [0, 0.1) is 5.82 Å². The fourth-order valence-electron chi connectivity index (χ4n) is 3.23. The standard InChI is InChI=1S/C23H27FN4O4S2/c1-13(2)17-10-16(24)11-18(14-6-7-26-19(8-14)32-5)21(17)27-22(29)28-34(25,31)20-9-15(12-33-20)23(3,4)30/h6-13,30H,1-5H3,(H3,25,27,28,29,31). The van der Waals surface area contributed by atoms with E-state index >= 15 is 0 Å². The summed E-state index contributed by atoms with van der Waals surface area (Å²) < 4.78 is 36.6. The number of halogens is 1. The van der Waals surface area contributed by atoms with Crippen molar-refractivity contribution in [2.24, 2.45) is 9.50 Å². The zero-order valence-electron chi connectivity index (χ0n) is 19.5. The third kappa shape index (κ3) is 5.79. The number of carbonyl (C=O) groups is 1. The highest BCUT2D eigenvalue weighted by atomic mass is 32.2. The number of aromatic nitrogens is 1. The number of nitrogens with zero attached hydrogens (tertiary/aromatic N) is 2. The second kappa shape index (κ2) is 9.79. The van der Waals surface area contributed by atoms with E-state index in [-0.39, 0.29) is 10.1 Å². The Morgan fingerprint density at radius 2 is 2.03 bits per heavy atom. The number of ether oxygens (including phenoxy) is 1. The van der Waals surface area contributed by atoms with Gasteiger partial charge >= 0.3 is 6.03 Å². The number of hydrogen-bond donors (Lipinski definition) is 3. The Balaban J connectivity index is 2.06. The van der Waals surface area contributed by atoms with Gasteiger partial charge in [0.1, 0.15) is 10.0 Å². The van der Waals surface area contributed by atoms with Gasteiger partial charge in [-0.15, -0.1) is 15.7 Å². The van der Waals surface area contributed by atoms with Crippen LogP contribution in [0.3, 0.4) is 0 Å². The Bertz CT molecular complexity index is 1340. The molecule has 2 aromatic heterocycles. The lowest BCUT2D eigenvalue weighted by molar-refractivity contribution is 0.0789. The molecule has 0 radical (unpaired) electrons. The maximum absolute atomic E-state index is 14.5. The van der Waals surface area contributed by atoms with Crippen LogP contribution in [0.2, 0.25) is 0 Å². The molecule has 0 aliphatic heterocycles. The molecular formula is C23H27FN4O4S2. The fourth-order valence-corrected chi connectivity index (χ4v) is 5.51. The Labute approximate surface area is 202 Å². The van der Waals surface area contributed by atoms with Crippen molar-refractivity contribution in [1.29, 1.82) is 0 Å². The average molecular weight is 507 g/mol. The van der Waals surface area contributed by atoms with E-state index in [0.29, 0.717) is 33.8 Å². The zero-order chi connectivity index (χ0) is 25.3. The highest BCUT2D eigenvalue weighted by Crippen LogP contribution is 2.37. The number of aliphatic hydroxyl groups is 1. The summed E-state index contributed by atoms with van der Waals surface area (Å²) in [5.41, 5.74) is 1.14. The third-order valence-corrected chi connectivity index (χ3v) is 7.89. The molecule has 8 nitrogen and oxygen atoms in total. The van der Waals surface area contributed by atoms with Gasteiger partial charge in [-0.25, -0.2) is 23.5 Å². The maximum Gasteiger partial charge on any atom is 0.354 e. The minimum absolute atomic E-state index is 0.151.